The molecule has 2 N–H and O–H groups in total. The molecule has 2 unspecified atom stereocenters. The van der Waals surface area contributed by atoms with Crippen molar-refractivity contribution in [1.29, 1.82) is 5.26 Å². The molecule has 0 spiro atoms. The molecule has 1 aliphatic carbocycles. The number of carboxylic acid groups (broad SMARTS) is 1. The van der Waals surface area contributed by atoms with Gasteiger partial charge in [0.1, 0.15) is 0 Å². The molecule has 0 heterocycles. The van der Waals surface area contributed by atoms with E-state index in [-0.39, 0.29) is 24.2 Å². The molecule has 0 bridgehead atoms. The molecule has 2 aromatic rings. The molecule has 2 aromatic carbocycles. The van der Waals surface area contributed by atoms with Crippen LogP contribution in [0, 0.1) is 17.2 Å². The van der Waals surface area contributed by atoms with Gasteiger partial charge in [0, 0.05) is 17.7 Å². The number of hydrogen-bond donors (Lipinski definition) is 2. The van der Waals surface area contributed by atoms with E-state index in [0.717, 1.165) is 24.8 Å². The van der Waals surface area contributed by atoms with Crippen molar-refractivity contribution in [2.24, 2.45) is 5.92 Å². The van der Waals surface area contributed by atoms with Gasteiger partial charge in [0.2, 0.25) is 0 Å². The molecule has 0 aliphatic heterocycles. The average molecular weight is 362 g/mol. The summed E-state index contributed by atoms with van der Waals surface area (Å²) >= 11 is 0. The second-order valence-corrected chi connectivity index (χ2v) is 6.97. The Bertz CT molecular complexity index is 897. The number of amides is 1. The molecule has 3 rings (SSSR count). The van der Waals surface area contributed by atoms with Gasteiger partial charge in [-0.15, -0.1) is 0 Å². The lowest BCUT2D eigenvalue weighted by molar-refractivity contribution is -0.138. The predicted molar refractivity (Wildman–Crippen MR) is 103 cm³/mol. The minimum atomic E-state index is -0.767. The molecule has 1 amide bonds. The summed E-state index contributed by atoms with van der Waals surface area (Å²) in [5.74, 6) is -0.710. The Hall–Kier alpha value is -3.13. The number of aryl methyl sites for hydroxylation is 1. The second kappa shape index (κ2) is 8.05. The maximum absolute atomic E-state index is 12.6. The van der Waals surface area contributed by atoms with Crippen LogP contribution in [0.4, 0.5) is 5.69 Å². The first-order valence-electron chi connectivity index (χ1n) is 9.18. The minimum absolute atomic E-state index is 0.108. The Morgan fingerprint density at radius 2 is 1.96 bits per heavy atom. The quantitative estimate of drug-likeness (QED) is 0.828. The molecule has 0 fully saturated rings. The van der Waals surface area contributed by atoms with E-state index in [2.05, 4.69) is 12.2 Å². The Morgan fingerprint density at radius 1 is 1.22 bits per heavy atom. The Labute approximate surface area is 158 Å². The van der Waals surface area contributed by atoms with E-state index in [1.807, 2.05) is 24.3 Å². The Morgan fingerprint density at radius 3 is 2.59 bits per heavy atom. The highest BCUT2D eigenvalue weighted by atomic mass is 16.4. The topological polar surface area (TPSA) is 90.2 Å². The van der Waals surface area contributed by atoms with Gasteiger partial charge in [-0.1, -0.05) is 13.0 Å². The van der Waals surface area contributed by atoms with E-state index in [0.29, 0.717) is 16.8 Å². The largest absolute Gasteiger partial charge is 0.481 e. The molecule has 5 nitrogen and oxygen atoms in total. The number of fused-ring (bicyclic) bond motifs is 1. The van der Waals surface area contributed by atoms with Crippen LogP contribution in [0.15, 0.2) is 42.5 Å². The maximum atomic E-state index is 12.6. The zero-order chi connectivity index (χ0) is 19.4. The van der Waals surface area contributed by atoms with Crippen molar-refractivity contribution in [3.63, 3.8) is 0 Å². The number of nitriles is 1. The second-order valence-electron chi connectivity index (χ2n) is 6.97. The van der Waals surface area contributed by atoms with Gasteiger partial charge in [0.05, 0.1) is 11.6 Å². The highest BCUT2D eigenvalue weighted by Crippen LogP contribution is 2.40. The van der Waals surface area contributed by atoms with Gasteiger partial charge < -0.3 is 10.4 Å². The van der Waals surface area contributed by atoms with Crippen molar-refractivity contribution in [2.45, 2.75) is 38.5 Å². The molecule has 27 heavy (non-hydrogen) atoms. The summed E-state index contributed by atoms with van der Waals surface area (Å²) in [4.78, 5) is 23.8. The fourth-order valence-corrected chi connectivity index (χ4v) is 3.96. The maximum Gasteiger partial charge on any atom is 0.303 e. The number of nitrogens with one attached hydrogen (secondary N) is 1. The number of aliphatic carboxylic acids is 1. The number of carboxylic acids is 1. The van der Waals surface area contributed by atoms with E-state index in [1.165, 1.54) is 5.56 Å². The van der Waals surface area contributed by atoms with Crippen LogP contribution in [0.3, 0.4) is 0 Å². The molecule has 2 atom stereocenters. The van der Waals surface area contributed by atoms with E-state index < -0.39 is 5.97 Å². The first-order valence-corrected chi connectivity index (χ1v) is 9.18. The van der Waals surface area contributed by atoms with Crippen molar-refractivity contribution < 1.29 is 14.7 Å². The standard InChI is InChI=1S/C22H22N2O3/c1-2-19-16(12-21(25)26)7-5-15-6-8-17(11-20(15)19)22(27)24-18-9-3-14(13-23)4-10-18/h3-4,6,8-11,16,19H,2,5,7,12H2,1H3,(H,24,27)(H,25,26). The van der Waals surface area contributed by atoms with Gasteiger partial charge in [-0.2, -0.15) is 5.26 Å². The zero-order valence-corrected chi connectivity index (χ0v) is 15.2. The van der Waals surface area contributed by atoms with Crippen LogP contribution in [0.1, 0.15) is 59.2 Å². The number of carbonyl (C=O) groups is 2. The van der Waals surface area contributed by atoms with Gasteiger partial charge in [-0.25, -0.2) is 0 Å². The third kappa shape index (κ3) is 4.17. The summed E-state index contributed by atoms with van der Waals surface area (Å²) < 4.78 is 0. The highest BCUT2D eigenvalue weighted by molar-refractivity contribution is 6.04. The van der Waals surface area contributed by atoms with Crippen LogP contribution in [-0.2, 0) is 11.2 Å². The average Bonchev–Trinajstić information content (AvgIpc) is 2.67. The molecule has 0 saturated heterocycles. The molecule has 1 aliphatic rings. The van der Waals surface area contributed by atoms with Crippen molar-refractivity contribution in [3.05, 3.63) is 64.7 Å². The molecule has 0 radical (unpaired) electrons. The van der Waals surface area contributed by atoms with Crippen LogP contribution >= 0.6 is 0 Å². The van der Waals surface area contributed by atoms with Gasteiger partial charge in [-0.3, -0.25) is 9.59 Å². The number of hydrogen-bond acceptors (Lipinski definition) is 3. The van der Waals surface area contributed by atoms with E-state index in [9.17, 15) is 14.7 Å². The monoisotopic (exact) mass is 362 g/mol. The number of carbonyl (C=O) groups excluding carboxylic acids is 1. The number of nitrogens with zero attached hydrogens (tertiary/aromatic N) is 1. The summed E-state index contributed by atoms with van der Waals surface area (Å²) in [6.07, 6.45) is 2.74. The summed E-state index contributed by atoms with van der Waals surface area (Å²) in [6, 6.07) is 14.5. The third-order valence-electron chi connectivity index (χ3n) is 5.31. The fourth-order valence-electron chi connectivity index (χ4n) is 3.96. The Balaban J connectivity index is 1.82. The van der Waals surface area contributed by atoms with Crippen LogP contribution in [0.5, 0.6) is 0 Å². The fraction of sp³-hybridized carbons (Fsp3) is 0.318. The van der Waals surface area contributed by atoms with Crippen LogP contribution in [-0.4, -0.2) is 17.0 Å². The Kier molecular flexibility index (Phi) is 5.56. The van der Waals surface area contributed by atoms with Gasteiger partial charge in [0.15, 0.2) is 0 Å². The molecule has 0 saturated carbocycles. The molecular weight excluding hydrogens is 340 g/mol. The van der Waals surface area contributed by atoms with E-state index in [4.69, 9.17) is 5.26 Å². The van der Waals surface area contributed by atoms with Crippen molar-refractivity contribution in [2.75, 3.05) is 5.32 Å². The van der Waals surface area contributed by atoms with Crippen molar-refractivity contribution in [1.82, 2.24) is 0 Å². The van der Waals surface area contributed by atoms with E-state index in [1.54, 1.807) is 24.3 Å². The first kappa shape index (κ1) is 18.7. The predicted octanol–water partition coefficient (Wildman–Crippen LogP) is 4.34. The number of rotatable bonds is 5. The number of anilines is 1. The number of benzene rings is 2. The van der Waals surface area contributed by atoms with Crippen LogP contribution in [0.25, 0.3) is 0 Å². The summed E-state index contributed by atoms with van der Waals surface area (Å²) in [5.41, 5.74) is 4.04. The van der Waals surface area contributed by atoms with Gasteiger partial charge >= 0.3 is 5.97 Å². The lowest BCUT2D eigenvalue weighted by Gasteiger charge is -2.32. The van der Waals surface area contributed by atoms with Crippen LogP contribution < -0.4 is 5.32 Å². The smallest absolute Gasteiger partial charge is 0.303 e. The summed E-state index contributed by atoms with van der Waals surface area (Å²) in [6.45, 7) is 2.07. The molecule has 138 valence electrons. The highest BCUT2D eigenvalue weighted by Gasteiger charge is 2.30. The van der Waals surface area contributed by atoms with Crippen molar-refractivity contribution >= 4 is 17.6 Å². The zero-order valence-electron chi connectivity index (χ0n) is 15.2. The van der Waals surface area contributed by atoms with Crippen LogP contribution in [0.2, 0.25) is 0 Å². The lowest BCUT2D eigenvalue weighted by Crippen LogP contribution is -2.24. The third-order valence-corrected chi connectivity index (χ3v) is 5.31. The van der Waals surface area contributed by atoms with Gasteiger partial charge in [0.25, 0.3) is 5.91 Å². The van der Waals surface area contributed by atoms with Crippen molar-refractivity contribution in [3.8, 4) is 6.07 Å². The normalized spacial score (nSPS) is 18.2. The SMILES string of the molecule is CCC1c2cc(C(=O)Nc3ccc(C#N)cc3)ccc2CCC1CC(=O)O. The van der Waals surface area contributed by atoms with Gasteiger partial charge in [-0.05, 0) is 78.6 Å². The lowest BCUT2D eigenvalue weighted by atomic mass is 9.72. The summed E-state index contributed by atoms with van der Waals surface area (Å²) in [5, 5.41) is 20.9. The molecule has 0 aromatic heterocycles. The molecule has 5 heteroatoms. The summed E-state index contributed by atoms with van der Waals surface area (Å²) in [7, 11) is 0. The molecular formula is C22H22N2O3. The minimum Gasteiger partial charge on any atom is -0.481 e. The van der Waals surface area contributed by atoms with E-state index >= 15 is 0 Å². The first-order chi connectivity index (χ1) is 13.0.